The minimum atomic E-state index is -0.218. The number of aromatic nitrogens is 1. The molecule has 3 rings (SSSR count). The number of carbonyl (C=O) groups is 1. The molecule has 0 radical (unpaired) electrons. The van der Waals surface area contributed by atoms with E-state index in [0.717, 1.165) is 37.7 Å². The normalized spacial score (nSPS) is 15.0. The van der Waals surface area contributed by atoms with Crippen molar-refractivity contribution in [3.8, 4) is 0 Å². The van der Waals surface area contributed by atoms with Crippen LogP contribution in [0.4, 0.5) is 5.82 Å². The van der Waals surface area contributed by atoms with Gasteiger partial charge in [-0.05, 0) is 29.8 Å². The lowest BCUT2D eigenvalue weighted by Gasteiger charge is -2.28. The van der Waals surface area contributed by atoms with Crippen molar-refractivity contribution in [3.63, 3.8) is 0 Å². The van der Waals surface area contributed by atoms with Gasteiger partial charge in [0.15, 0.2) is 5.76 Å². The molecule has 1 amide bonds. The van der Waals surface area contributed by atoms with E-state index in [1.165, 1.54) is 6.26 Å². The van der Waals surface area contributed by atoms with Gasteiger partial charge in [0.1, 0.15) is 5.82 Å². The molecule has 1 N–H and O–H groups in total. The maximum absolute atomic E-state index is 11.8. The molecule has 1 saturated heterocycles. The van der Waals surface area contributed by atoms with Gasteiger partial charge in [0.25, 0.3) is 5.91 Å². The predicted octanol–water partition coefficient (Wildman–Crippen LogP) is 1.44. The van der Waals surface area contributed by atoms with E-state index in [1.54, 1.807) is 18.3 Å². The third-order valence-electron chi connectivity index (χ3n) is 3.34. The molecular formula is C15H17N3O3. The van der Waals surface area contributed by atoms with E-state index in [4.69, 9.17) is 9.15 Å². The van der Waals surface area contributed by atoms with E-state index in [9.17, 15) is 4.79 Å². The number of hydrogen-bond acceptors (Lipinski definition) is 5. The van der Waals surface area contributed by atoms with E-state index in [1.807, 2.05) is 12.1 Å². The summed E-state index contributed by atoms with van der Waals surface area (Å²) in [7, 11) is 0. The molecule has 2 aromatic rings. The van der Waals surface area contributed by atoms with Gasteiger partial charge >= 0.3 is 0 Å². The molecule has 2 aromatic heterocycles. The Kier molecular flexibility index (Phi) is 4.16. The third kappa shape index (κ3) is 3.41. The van der Waals surface area contributed by atoms with Crippen LogP contribution in [0, 0.1) is 0 Å². The molecule has 0 saturated carbocycles. The number of ether oxygens (including phenoxy) is 1. The summed E-state index contributed by atoms with van der Waals surface area (Å²) in [6.45, 7) is 3.58. The fourth-order valence-electron chi connectivity index (χ4n) is 2.21. The lowest BCUT2D eigenvalue weighted by atomic mass is 10.2. The van der Waals surface area contributed by atoms with Crippen LogP contribution >= 0.6 is 0 Å². The van der Waals surface area contributed by atoms with E-state index in [2.05, 4.69) is 15.2 Å². The van der Waals surface area contributed by atoms with Gasteiger partial charge in [-0.25, -0.2) is 4.98 Å². The second kappa shape index (κ2) is 6.41. The Morgan fingerprint density at radius 2 is 2.19 bits per heavy atom. The van der Waals surface area contributed by atoms with Crippen molar-refractivity contribution in [3.05, 3.63) is 48.0 Å². The maximum Gasteiger partial charge on any atom is 0.287 e. The smallest absolute Gasteiger partial charge is 0.287 e. The Labute approximate surface area is 122 Å². The SMILES string of the molecule is O=C(NCc1ccnc(N2CCOCC2)c1)c1ccco1. The highest BCUT2D eigenvalue weighted by atomic mass is 16.5. The van der Waals surface area contributed by atoms with Crippen LogP contribution < -0.4 is 10.2 Å². The fourth-order valence-corrected chi connectivity index (χ4v) is 2.21. The van der Waals surface area contributed by atoms with Crippen LogP contribution in [0.15, 0.2) is 41.1 Å². The first-order valence-electron chi connectivity index (χ1n) is 6.92. The molecule has 0 spiro atoms. The maximum atomic E-state index is 11.8. The van der Waals surface area contributed by atoms with Crippen LogP contribution in [0.3, 0.4) is 0 Å². The molecule has 1 aliphatic heterocycles. The van der Waals surface area contributed by atoms with Gasteiger partial charge in [-0.2, -0.15) is 0 Å². The minimum absolute atomic E-state index is 0.218. The summed E-state index contributed by atoms with van der Waals surface area (Å²) in [5, 5.41) is 2.83. The fraction of sp³-hybridized carbons (Fsp3) is 0.333. The van der Waals surface area contributed by atoms with Crippen LogP contribution in [0.1, 0.15) is 16.1 Å². The molecule has 0 unspecified atom stereocenters. The van der Waals surface area contributed by atoms with E-state index >= 15 is 0 Å². The molecule has 6 heteroatoms. The third-order valence-corrected chi connectivity index (χ3v) is 3.34. The summed E-state index contributed by atoms with van der Waals surface area (Å²) in [5.41, 5.74) is 1.01. The quantitative estimate of drug-likeness (QED) is 0.921. The van der Waals surface area contributed by atoms with Gasteiger partial charge in [0, 0.05) is 25.8 Å². The first kappa shape index (κ1) is 13.6. The molecule has 1 fully saturated rings. The summed E-state index contributed by atoms with van der Waals surface area (Å²) in [4.78, 5) is 18.4. The molecule has 1 aliphatic rings. The molecule has 6 nitrogen and oxygen atoms in total. The number of carbonyl (C=O) groups excluding carboxylic acids is 1. The van der Waals surface area contributed by atoms with Crippen LogP contribution in [0.5, 0.6) is 0 Å². The van der Waals surface area contributed by atoms with Crippen LogP contribution in [-0.4, -0.2) is 37.2 Å². The Bertz CT molecular complexity index is 592. The number of furan rings is 1. The number of hydrogen-bond donors (Lipinski definition) is 1. The molecule has 0 aliphatic carbocycles. The summed E-state index contributed by atoms with van der Waals surface area (Å²) < 4.78 is 10.4. The number of morpholine rings is 1. The van der Waals surface area contributed by atoms with Gasteiger partial charge in [-0.1, -0.05) is 0 Å². The zero-order chi connectivity index (χ0) is 14.5. The average molecular weight is 287 g/mol. The van der Waals surface area contributed by atoms with Crippen LogP contribution in [-0.2, 0) is 11.3 Å². The summed E-state index contributed by atoms with van der Waals surface area (Å²) in [6.07, 6.45) is 3.25. The molecular weight excluding hydrogens is 270 g/mol. The van der Waals surface area contributed by atoms with Crippen molar-refractivity contribution in [1.82, 2.24) is 10.3 Å². The van der Waals surface area contributed by atoms with Crippen molar-refractivity contribution >= 4 is 11.7 Å². The van der Waals surface area contributed by atoms with E-state index < -0.39 is 0 Å². The lowest BCUT2D eigenvalue weighted by Crippen LogP contribution is -2.36. The topological polar surface area (TPSA) is 67.6 Å². The monoisotopic (exact) mass is 287 g/mol. The number of rotatable bonds is 4. The van der Waals surface area contributed by atoms with E-state index in [0.29, 0.717) is 12.3 Å². The largest absolute Gasteiger partial charge is 0.459 e. The highest BCUT2D eigenvalue weighted by Crippen LogP contribution is 2.14. The zero-order valence-electron chi connectivity index (χ0n) is 11.6. The molecule has 21 heavy (non-hydrogen) atoms. The molecule has 3 heterocycles. The number of anilines is 1. The summed E-state index contributed by atoms with van der Waals surface area (Å²) in [5.74, 6) is 1.02. The molecule has 0 aromatic carbocycles. The Morgan fingerprint density at radius 1 is 1.33 bits per heavy atom. The zero-order valence-corrected chi connectivity index (χ0v) is 11.6. The number of amides is 1. The molecule has 110 valence electrons. The summed E-state index contributed by atoms with van der Waals surface area (Å²) >= 11 is 0. The number of pyridine rings is 1. The Hall–Kier alpha value is -2.34. The van der Waals surface area contributed by atoms with Gasteiger partial charge < -0.3 is 19.4 Å². The predicted molar refractivity (Wildman–Crippen MR) is 77.1 cm³/mol. The first-order valence-corrected chi connectivity index (χ1v) is 6.92. The molecule has 0 atom stereocenters. The second-order valence-electron chi connectivity index (χ2n) is 4.78. The van der Waals surface area contributed by atoms with Crippen molar-refractivity contribution in [2.24, 2.45) is 0 Å². The van der Waals surface area contributed by atoms with Crippen molar-refractivity contribution < 1.29 is 13.9 Å². The lowest BCUT2D eigenvalue weighted by molar-refractivity contribution is 0.0923. The van der Waals surface area contributed by atoms with Gasteiger partial charge in [-0.15, -0.1) is 0 Å². The standard InChI is InChI=1S/C15H17N3O3/c19-15(13-2-1-7-21-13)17-11-12-3-4-16-14(10-12)18-5-8-20-9-6-18/h1-4,7,10H,5-6,8-9,11H2,(H,17,19). The summed E-state index contributed by atoms with van der Waals surface area (Å²) in [6, 6.07) is 7.22. The van der Waals surface area contributed by atoms with Crippen molar-refractivity contribution in [1.29, 1.82) is 0 Å². The second-order valence-corrected chi connectivity index (χ2v) is 4.78. The molecule has 0 bridgehead atoms. The Morgan fingerprint density at radius 3 is 2.95 bits per heavy atom. The van der Waals surface area contributed by atoms with E-state index in [-0.39, 0.29) is 5.91 Å². The van der Waals surface area contributed by atoms with Crippen molar-refractivity contribution in [2.75, 3.05) is 31.2 Å². The van der Waals surface area contributed by atoms with Crippen LogP contribution in [0.2, 0.25) is 0 Å². The van der Waals surface area contributed by atoms with Crippen molar-refractivity contribution in [2.45, 2.75) is 6.54 Å². The average Bonchev–Trinajstić information content (AvgIpc) is 3.08. The number of nitrogens with zero attached hydrogens (tertiary/aromatic N) is 2. The minimum Gasteiger partial charge on any atom is -0.459 e. The van der Waals surface area contributed by atoms with Gasteiger partial charge in [0.05, 0.1) is 19.5 Å². The highest BCUT2D eigenvalue weighted by Gasteiger charge is 2.13. The number of nitrogens with one attached hydrogen (secondary N) is 1. The van der Waals surface area contributed by atoms with Crippen LogP contribution in [0.25, 0.3) is 0 Å². The first-order chi connectivity index (χ1) is 10.3. The van der Waals surface area contributed by atoms with Gasteiger partial charge in [0.2, 0.25) is 0 Å². The van der Waals surface area contributed by atoms with Gasteiger partial charge in [-0.3, -0.25) is 4.79 Å². The highest BCUT2D eigenvalue weighted by molar-refractivity contribution is 5.91. The Balaban J connectivity index is 1.62.